The van der Waals surface area contributed by atoms with Crippen molar-refractivity contribution in [3.05, 3.63) is 77.1 Å². The van der Waals surface area contributed by atoms with Gasteiger partial charge in [-0.1, -0.05) is 23.5 Å². The minimum Gasteiger partial charge on any atom is -0.493 e. The normalized spacial score (nSPS) is 10.8. The molecule has 0 unspecified atom stereocenters. The van der Waals surface area contributed by atoms with Gasteiger partial charge in [-0.05, 0) is 61.4 Å². The van der Waals surface area contributed by atoms with Crippen LogP contribution in [0.4, 0.5) is 5.13 Å². The molecule has 31 heavy (non-hydrogen) atoms. The molecule has 0 aliphatic carbocycles. The molecule has 4 aromatic rings. The van der Waals surface area contributed by atoms with Gasteiger partial charge in [0, 0.05) is 6.20 Å². The van der Waals surface area contributed by atoms with Gasteiger partial charge in [0.05, 0.1) is 42.2 Å². The molecule has 0 saturated heterocycles. The van der Waals surface area contributed by atoms with Crippen molar-refractivity contribution in [2.45, 2.75) is 20.4 Å². The number of pyridine rings is 1. The van der Waals surface area contributed by atoms with Crippen molar-refractivity contribution in [1.29, 1.82) is 0 Å². The molecule has 0 spiro atoms. The van der Waals surface area contributed by atoms with Gasteiger partial charge < -0.3 is 9.47 Å². The van der Waals surface area contributed by atoms with E-state index in [9.17, 15) is 4.79 Å². The number of rotatable bonds is 6. The minimum atomic E-state index is -0.228. The summed E-state index contributed by atoms with van der Waals surface area (Å²) in [4.78, 5) is 24.6. The summed E-state index contributed by atoms with van der Waals surface area (Å²) < 4.78 is 11.9. The number of benzene rings is 2. The largest absolute Gasteiger partial charge is 0.493 e. The van der Waals surface area contributed by atoms with Gasteiger partial charge in [0.15, 0.2) is 16.6 Å². The number of thiazole rings is 1. The summed E-state index contributed by atoms with van der Waals surface area (Å²) in [5.74, 6) is 0.671. The van der Waals surface area contributed by atoms with Crippen LogP contribution in [0.1, 0.15) is 27.2 Å². The average Bonchev–Trinajstić information content (AvgIpc) is 3.19. The second kappa shape index (κ2) is 8.73. The fraction of sp³-hybridized carbons (Fsp3) is 0.208. The first-order valence-electron chi connectivity index (χ1n) is 9.82. The van der Waals surface area contributed by atoms with Crippen LogP contribution < -0.4 is 14.4 Å². The third-order valence-electron chi connectivity index (χ3n) is 5.15. The van der Waals surface area contributed by atoms with Crippen molar-refractivity contribution in [2.24, 2.45) is 0 Å². The van der Waals surface area contributed by atoms with Crippen LogP contribution in [0, 0.1) is 13.8 Å². The van der Waals surface area contributed by atoms with Crippen molar-refractivity contribution in [2.75, 3.05) is 19.1 Å². The summed E-state index contributed by atoms with van der Waals surface area (Å²) in [5.41, 5.74) is 4.41. The zero-order valence-electron chi connectivity index (χ0n) is 17.9. The number of para-hydroxylation sites is 1. The molecule has 2 aromatic carbocycles. The van der Waals surface area contributed by atoms with Crippen LogP contribution in [0.2, 0.25) is 0 Å². The van der Waals surface area contributed by atoms with Crippen molar-refractivity contribution in [3.63, 3.8) is 0 Å². The monoisotopic (exact) mass is 433 g/mol. The zero-order valence-corrected chi connectivity index (χ0v) is 18.7. The van der Waals surface area contributed by atoms with Crippen molar-refractivity contribution >= 4 is 32.6 Å². The molecule has 2 heterocycles. The summed E-state index contributed by atoms with van der Waals surface area (Å²) in [6.07, 6.45) is 1.72. The van der Waals surface area contributed by atoms with Crippen LogP contribution in [0.25, 0.3) is 10.2 Å². The van der Waals surface area contributed by atoms with Gasteiger partial charge in [-0.3, -0.25) is 14.7 Å². The predicted molar refractivity (Wildman–Crippen MR) is 123 cm³/mol. The van der Waals surface area contributed by atoms with Gasteiger partial charge in [0.25, 0.3) is 5.91 Å². The van der Waals surface area contributed by atoms with Gasteiger partial charge in [0.2, 0.25) is 0 Å². The quantitative estimate of drug-likeness (QED) is 0.420. The standard InChI is InChI=1S/C24H23N3O3S/c1-15-12-19-21(13-16(15)2)31-24(26-19)27(14-17-8-5-6-11-25-17)23(28)18-9-7-10-20(29-3)22(18)30-4/h5-13H,14H2,1-4H3. The van der Waals surface area contributed by atoms with Crippen molar-refractivity contribution < 1.29 is 14.3 Å². The second-order valence-electron chi connectivity index (χ2n) is 7.15. The first-order valence-corrected chi connectivity index (χ1v) is 10.6. The third-order valence-corrected chi connectivity index (χ3v) is 6.19. The smallest absolute Gasteiger partial charge is 0.264 e. The summed E-state index contributed by atoms with van der Waals surface area (Å²) in [6, 6.07) is 15.1. The number of aromatic nitrogens is 2. The van der Waals surface area contributed by atoms with Gasteiger partial charge >= 0.3 is 0 Å². The lowest BCUT2D eigenvalue weighted by molar-refractivity contribution is 0.0981. The highest BCUT2D eigenvalue weighted by Gasteiger charge is 2.26. The molecule has 0 saturated carbocycles. The van der Waals surface area contributed by atoms with E-state index in [2.05, 4.69) is 31.0 Å². The van der Waals surface area contributed by atoms with Crippen LogP contribution in [-0.2, 0) is 6.54 Å². The zero-order chi connectivity index (χ0) is 22.0. The van der Waals surface area contributed by atoms with Crippen LogP contribution in [0.15, 0.2) is 54.7 Å². The van der Waals surface area contributed by atoms with E-state index in [0.29, 0.717) is 22.2 Å². The summed E-state index contributed by atoms with van der Waals surface area (Å²) in [7, 11) is 3.08. The number of aryl methyl sites for hydroxylation is 2. The predicted octanol–water partition coefficient (Wildman–Crippen LogP) is 5.17. The van der Waals surface area contributed by atoms with E-state index in [-0.39, 0.29) is 12.5 Å². The third kappa shape index (κ3) is 4.09. The molecule has 158 valence electrons. The fourth-order valence-corrected chi connectivity index (χ4v) is 4.41. The molecular formula is C24H23N3O3S. The van der Waals surface area contributed by atoms with Crippen LogP contribution in [0.5, 0.6) is 11.5 Å². The highest BCUT2D eigenvalue weighted by Crippen LogP contribution is 2.36. The number of methoxy groups -OCH3 is 2. The van der Waals surface area contributed by atoms with E-state index in [0.717, 1.165) is 15.9 Å². The molecule has 7 heteroatoms. The maximum absolute atomic E-state index is 13.7. The SMILES string of the molecule is COc1cccc(C(=O)N(Cc2ccccn2)c2nc3cc(C)c(C)cc3s2)c1OC. The molecule has 4 rings (SSSR count). The Labute approximate surface area is 185 Å². The summed E-state index contributed by atoms with van der Waals surface area (Å²) >= 11 is 1.49. The Balaban J connectivity index is 1.83. The molecule has 6 nitrogen and oxygen atoms in total. The lowest BCUT2D eigenvalue weighted by atomic mass is 10.1. The lowest BCUT2D eigenvalue weighted by Gasteiger charge is -2.21. The number of fused-ring (bicyclic) bond motifs is 1. The fourth-order valence-electron chi connectivity index (χ4n) is 3.36. The molecule has 1 amide bonds. The Morgan fingerprint density at radius 2 is 1.84 bits per heavy atom. The number of amides is 1. The van der Waals surface area contributed by atoms with E-state index in [1.807, 2.05) is 18.2 Å². The highest BCUT2D eigenvalue weighted by atomic mass is 32.1. The molecular weight excluding hydrogens is 410 g/mol. The van der Waals surface area contributed by atoms with E-state index in [4.69, 9.17) is 14.5 Å². The number of carbonyl (C=O) groups is 1. The van der Waals surface area contributed by atoms with Crippen LogP contribution >= 0.6 is 11.3 Å². The first kappa shape index (κ1) is 20.8. The van der Waals surface area contributed by atoms with E-state index in [1.54, 1.807) is 36.4 Å². The molecule has 2 aromatic heterocycles. The maximum Gasteiger partial charge on any atom is 0.264 e. The van der Waals surface area contributed by atoms with E-state index < -0.39 is 0 Å². The van der Waals surface area contributed by atoms with E-state index >= 15 is 0 Å². The molecule has 0 N–H and O–H groups in total. The highest BCUT2D eigenvalue weighted by molar-refractivity contribution is 7.22. The number of carbonyl (C=O) groups excluding carboxylic acids is 1. The van der Waals surface area contributed by atoms with Gasteiger partial charge in [0.1, 0.15) is 0 Å². The number of hydrogen-bond donors (Lipinski definition) is 0. The van der Waals surface area contributed by atoms with Crippen molar-refractivity contribution in [1.82, 2.24) is 9.97 Å². The van der Waals surface area contributed by atoms with Gasteiger partial charge in [-0.2, -0.15) is 0 Å². The van der Waals surface area contributed by atoms with Crippen molar-refractivity contribution in [3.8, 4) is 11.5 Å². The molecule has 0 fully saturated rings. The minimum absolute atomic E-state index is 0.228. The van der Waals surface area contributed by atoms with Gasteiger partial charge in [-0.15, -0.1) is 0 Å². The summed E-state index contributed by atoms with van der Waals surface area (Å²) in [5, 5.41) is 0.612. The first-order chi connectivity index (χ1) is 15.0. The number of anilines is 1. The molecule has 0 atom stereocenters. The Kier molecular flexibility index (Phi) is 5.86. The van der Waals surface area contributed by atoms with Gasteiger partial charge in [-0.25, -0.2) is 4.98 Å². The molecule has 0 bridgehead atoms. The number of nitrogens with zero attached hydrogens (tertiary/aromatic N) is 3. The van der Waals surface area contributed by atoms with E-state index in [1.165, 1.54) is 29.6 Å². The molecule has 0 radical (unpaired) electrons. The number of hydrogen-bond acceptors (Lipinski definition) is 6. The average molecular weight is 434 g/mol. The molecule has 0 aliphatic heterocycles. The van der Waals surface area contributed by atoms with Crippen LogP contribution in [0.3, 0.4) is 0 Å². The summed E-state index contributed by atoms with van der Waals surface area (Å²) in [6.45, 7) is 4.43. The lowest BCUT2D eigenvalue weighted by Crippen LogP contribution is -2.31. The Hall–Kier alpha value is -3.45. The number of ether oxygens (including phenoxy) is 2. The maximum atomic E-state index is 13.7. The molecule has 0 aliphatic rings. The Morgan fingerprint density at radius 1 is 1.03 bits per heavy atom. The van der Waals surface area contributed by atoms with Crippen LogP contribution in [-0.4, -0.2) is 30.1 Å². The topological polar surface area (TPSA) is 64.5 Å². The Morgan fingerprint density at radius 3 is 2.55 bits per heavy atom. The second-order valence-corrected chi connectivity index (χ2v) is 8.16. The Bertz CT molecular complexity index is 1200.